The van der Waals surface area contributed by atoms with Crippen molar-refractivity contribution in [2.75, 3.05) is 16.2 Å². The van der Waals surface area contributed by atoms with Crippen molar-refractivity contribution in [2.24, 2.45) is 0 Å². The fourth-order valence-corrected chi connectivity index (χ4v) is 4.99. The fourth-order valence-electron chi connectivity index (χ4n) is 3.62. The Bertz CT molecular complexity index is 1220. The largest absolute Gasteiger partial charge is 0.308 e. The number of aryl methyl sites for hydroxylation is 2. The Labute approximate surface area is 181 Å². The summed E-state index contributed by atoms with van der Waals surface area (Å²) in [7, 11) is -3.74. The van der Waals surface area contributed by atoms with E-state index in [-0.39, 0.29) is 10.8 Å². The van der Waals surface area contributed by atoms with E-state index in [1.54, 1.807) is 59.5 Å². The molecule has 1 aliphatic rings. The number of carbonyl (C=O) groups is 1. The standard InChI is InChI=1S/C23H21ClN2O3S/c1-16-6-2-3-10-21(16)25-30(28,29)20-11-12-22-17(15-20)8-5-13-26(22)23(27)18-7-4-9-19(24)14-18/h2-4,6-7,9-12,14-15,25H,5,8,13H2,1H3. The van der Waals surface area contributed by atoms with Crippen LogP contribution in [0.15, 0.2) is 71.6 Å². The first-order valence-electron chi connectivity index (χ1n) is 9.64. The number of hydrogen-bond donors (Lipinski definition) is 1. The second-order valence-corrected chi connectivity index (χ2v) is 9.40. The van der Waals surface area contributed by atoms with E-state index in [2.05, 4.69) is 4.72 Å². The predicted octanol–water partition coefficient (Wildman–Crippen LogP) is 5.04. The fraction of sp³-hybridized carbons (Fsp3) is 0.174. The molecule has 1 aliphatic heterocycles. The maximum absolute atomic E-state index is 13.0. The molecule has 30 heavy (non-hydrogen) atoms. The zero-order valence-corrected chi connectivity index (χ0v) is 18.0. The minimum Gasteiger partial charge on any atom is -0.308 e. The van der Waals surface area contributed by atoms with Crippen LogP contribution in [0.1, 0.15) is 27.9 Å². The van der Waals surface area contributed by atoms with Crippen LogP contribution in [0.5, 0.6) is 0 Å². The van der Waals surface area contributed by atoms with E-state index in [0.717, 1.165) is 23.2 Å². The van der Waals surface area contributed by atoms with Gasteiger partial charge in [0.25, 0.3) is 15.9 Å². The van der Waals surface area contributed by atoms with E-state index < -0.39 is 10.0 Å². The molecule has 0 bridgehead atoms. The molecule has 3 aromatic carbocycles. The van der Waals surface area contributed by atoms with Gasteiger partial charge in [-0.3, -0.25) is 9.52 Å². The van der Waals surface area contributed by atoms with E-state index >= 15 is 0 Å². The topological polar surface area (TPSA) is 66.5 Å². The molecule has 4 rings (SSSR count). The SMILES string of the molecule is Cc1ccccc1NS(=O)(=O)c1ccc2c(c1)CCCN2C(=O)c1cccc(Cl)c1. The first-order chi connectivity index (χ1) is 14.3. The second-order valence-electron chi connectivity index (χ2n) is 7.28. The monoisotopic (exact) mass is 440 g/mol. The van der Waals surface area contributed by atoms with Crippen molar-refractivity contribution in [2.45, 2.75) is 24.7 Å². The van der Waals surface area contributed by atoms with Crippen molar-refractivity contribution in [3.05, 3.63) is 88.4 Å². The molecule has 7 heteroatoms. The summed E-state index contributed by atoms with van der Waals surface area (Å²) in [5, 5.41) is 0.502. The summed E-state index contributed by atoms with van der Waals surface area (Å²) in [6, 6.07) is 19.0. The number of nitrogens with zero attached hydrogens (tertiary/aromatic N) is 1. The van der Waals surface area contributed by atoms with Gasteiger partial charge >= 0.3 is 0 Å². The van der Waals surface area contributed by atoms with Crippen molar-refractivity contribution in [3.8, 4) is 0 Å². The number of sulfonamides is 1. The first kappa shape index (κ1) is 20.4. The number of para-hydroxylation sites is 1. The Morgan fingerprint density at radius 1 is 1.03 bits per heavy atom. The normalized spacial score (nSPS) is 13.6. The lowest BCUT2D eigenvalue weighted by Crippen LogP contribution is -2.35. The Hall–Kier alpha value is -2.83. The van der Waals surface area contributed by atoms with Crippen molar-refractivity contribution in [1.29, 1.82) is 0 Å². The van der Waals surface area contributed by atoms with Crippen LogP contribution in [0, 0.1) is 6.92 Å². The molecule has 5 nitrogen and oxygen atoms in total. The van der Waals surface area contributed by atoms with Gasteiger partial charge < -0.3 is 4.90 Å². The summed E-state index contributed by atoms with van der Waals surface area (Å²) < 4.78 is 28.5. The lowest BCUT2D eigenvalue weighted by Gasteiger charge is -2.30. The van der Waals surface area contributed by atoms with Gasteiger partial charge in [-0.1, -0.05) is 35.9 Å². The van der Waals surface area contributed by atoms with Gasteiger partial charge in [0.2, 0.25) is 0 Å². The Balaban J connectivity index is 1.65. The molecule has 0 saturated carbocycles. The summed E-state index contributed by atoms with van der Waals surface area (Å²) in [6.45, 7) is 2.43. The van der Waals surface area contributed by atoms with Gasteiger partial charge in [0.1, 0.15) is 0 Å². The number of halogens is 1. The van der Waals surface area contributed by atoms with Gasteiger partial charge in [-0.2, -0.15) is 0 Å². The van der Waals surface area contributed by atoms with E-state index in [4.69, 9.17) is 11.6 Å². The molecular weight excluding hydrogens is 420 g/mol. The first-order valence-corrected chi connectivity index (χ1v) is 11.5. The average Bonchev–Trinajstić information content (AvgIpc) is 2.74. The van der Waals surface area contributed by atoms with E-state index in [1.807, 2.05) is 19.1 Å². The smallest absolute Gasteiger partial charge is 0.261 e. The van der Waals surface area contributed by atoms with Crippen LogP contribution < -0.4 is 9.62 Å². The summed E-state index contributed by atoms with van der Waals surface area (Å²) in [5.74, 6) is -0.146. The highest BCUT2D eigenvalue weighted by Crippen LogP contribution is 2.31. The van der Waals surface area contributed by atoms with Crippen molar-refractivity contribution < 1.29 is 13.2 Å². The molecule has 3 aromatic rings. The van der Waals surface area contributed by atoms with Gasteiger partial charge in [-0.15, -0.1) is 0 Å². The molecule has 0 aromatic heterocycles. The summed E-state index contributed by atoms with van der Waals surface area (Å²) in [4.78, 5) is 14.9. The maximum Gasteiger partial charge on any atom is 0.261 e. The minimum absolute atomic E-state index is 0.146. The molecule has 0 unspecified atom stereocenters. The van der Waals surface area contributed by atoms with E-state index in [0.29, 0.717) is 29.2 Å². The van der Waals surface area contributed by atoms with Crippen LogP contribution in [0.2, 0.25) is 5.02 Å². The number of carbonyl (C=O) groups excluding carboxylic acids is 1. The minimum atomic E-state index is -3.74. The van der Waals surface area contributed by atoms with Gasteiger partial charge in [0.15, 0.2) is 0 Å². The molecule has 1 N–H and O–H groups in total. The number of benzene rings is 3. The molecule has 1 heterocycles. The van der Waals surface area contributed by atoms with Crippen LogP contribution in [-0.2, 0) is 16.4 Å². The third-order valence-corrected chi connectivity index (χ3v) is 6.78. The highest BCUT2D eigenvalue weighted by atomic mass is 35.5. The number of anilines is 2. The van der Waals surface area contributed by atoms with Crippen LogP contribution in [0.4, 0.5) is 11.4 Å². The molecule has 0 saturated heterocycles. The zero-order valence-electron chi connectivity index (χ0n) is 16.4. The van der Waals surface area contributed by atoms with E-state index in [1.165, 1.54) is 0 Å². The number of amides is 1. The van der Waals surface area contributed by atoms with E-state index in [9.17, 15) is 13.2 Å². The Morgan fingerprint density at radius 2 is 1.83 bits per heavy atom. The number of fused-ring (bicyclic) bond motifs is 1. The molecule has 1 amide bonds. The van der Waals surface area contributed by atoms with Crippen molar-refractivity contribution in [1.82, 2.24) is 0 Å². The van der Waals surface area contributed by atoms with Gasteiger partial charge in [0, 0.05) is 22.8 Å². The average molecular weight is 441 g/mol. The Kier molecular flexibility index (Phi) is 5.54. The van der Waals surface area contributed by atoms with Gasteiger partial charge in [-0.25, -0.2) is 8.42 Å². The quantitative estimate of drug-likeness (QED) is 0.617. The third-order valence-electron chi connectivity index (χ3n) is 5.19. The van der Waals surface area contributed by atoms with Crippen LogP contribution in [-0.4, -0.2) is 20.9 Å². The summed E-state index contributed by atoms with van der Waals surface area (Å²) in [5.41, 5.74) is 3.48. The predicted molar refractivity (Wildman–Crippen MR) is 120 cm³/mol. The maximum atomic E-state index is 13.0. The molecule has 154 valence electrons. The van der Waals surface area contributed by atoms with Crippen molar-refractivity contribution >= 4 is 38.9 Å². The Morgan fingerprint density at radius 3 is 2.60 bits per heavy atom. The zero-order chi connectivity index (χ0) is 21.3. The molecule has 0 aliphatic carbocycles. The van der Waals surface area contributed by atoms with Crippen molar-refractivity contribution in [3.63, 3.8) is 0 Å². The molecule has 0 atom stereocenters. The molecule has 0 fully saturated rings. The third kappa shape index (κ3) is 4.06. The van der Waals surface area contributed by atoms with Gasteiger partial charge in [-0.05, 0) is 73.4 Å². The lowest BCUT2D eigenvalue weighted by atomic mass is 10.0. The summed E-state index contributed by atoms with van der Waals surface area (Å²) in [6.07, 6.45) is 1.47. The molecule has 0 spiro atoms. The molecular formula is C23H21ClN2O3S. The number of rotatable bonds is 4. The highest BCUT2D eigenvalue weighted by molar-refractivity contribution is 7.92. The number of nitrogens with one attached hydrogen (secondary N) is 1. The number of hydrogen-bond acceptors (Lipinski definition) is 3. The van der Waals surface area contributed by atoms with Crippen LogP contribution in [0.3, 0.4) is 0 Å². The second kappa shape index (κ2) is 8.13. The summed E-state index contributed by atoms with van der Waals surface area (Å²) >= 11 is 6.03. The van der Waals surface area contributed by atoms with Gasteiger partial charge in [0.05, 0.1) is 10.6 Å². The highest BCUT2D eigenvalue weighted by Gasteiger charge is 2.26. The lowest BCUT2D eigenvalue weighted by molar-refractivity contribution is 0.0985. The van der Waals surface area contributed by atoms with Crippen LogP contribution in [0.25, 0.3) is 0 Å². The molecule has 0 radical (unpaired) electrons. The van der Waals surface area contributed by atoms with Crippen LogP contribution >= 0.6 is 11.6 Å².